The molecule has 0 bridgehead atoms. The molecule has 1 aliphatic rings. The molecule has 112 valence electrons. The number of benzene rings is 1. The average Bonchev–Trinajstić information content (AvgIpc) is 2.49. The number of nitrogens with zero attached hydrogens (tertiary/aromatic N) is 1. The molecule has 1 atom stereocenters. The Hall–Kier alpha value is -0.510. The van der Waals surface area contributed by atoms with Gasteiger partial charge in [-0.25, -0.2) is 0 Å². The fraction of sp³-hybridized carbons (Fsp3) is 0.647. The Morgan fingerprint density at radius 3 is 2.40 bits per heavy atom. The molecule has 0 aromatic heterocycles. The van der Waals surface area contributed by atoms with Crippen molar-refractivity contribution < 1.29 is 0 Å². The Morgan fingerprint density at radius 1 is 1.20 bits per heavy atom. The molecule has 1 fully saturated rings. The molecule has 0 radical (unpaired) electrons. The number of likely N-dealkylation sites (N-methyl/N-ethyl adjacent to an activating group) is 1. The second-order valence-electron chi connectivity index (χ2n) is 5.97. The van der Waals surface area contributed by atoms with Crippen LogP contribution < -0.4 is 5.73 Å². The van der Waals surface area contributed by atoms with E-state index >= 15 is 0 Å². The Bertz CT molecular complexity index is 384. The predicted octanol–water partition coefficient (Wildman–Crippen LogP) is 3.92. The lowest BCUT2D eigenvalue weighted by Crippen LogP contribution is -2.34. The molecule has 1 unspecified atom stereocenters. The van der Waals surface area contributed by atoms with Gasteiger partial charge in [0.15, 0.2) is 0 Å². The van der Waals surface area contributed by atoms with E-state index in [1.807, 2.05) is 0 Å². The predicted molar refractivity (Wildman–Crippen MR) is 89.2 cm³/mol. The minimum Gasteiger partial charge on any atom is -0.329 e. The Morgan fingerprint density at radius 2 is 1.85 bits per heavy atom. The highest BCUT2D eigenvalue weighted by Crippen LogP contribution is 2.27. The maximum Gasteiger partial charge on any atom is 0.0467 e. The van der Waals surface area contributed by atoms with Crippen molar-refractivity contribution in [2.75, 3.05) is 26.4 Å². The van der Waals surface area contributed by atoms with Gasteiger partial charge >= 0.3 is 0 Å². The first kappa shape index (κ1) is 15.9. The van der Waals surface area contributed by atoms with Gasteiger partial charge in [0.2, 0.25) is 0 Å². The van der Waals surface area contributed by atoms with Crippen LogP contribution in [-0.4, -0.2) is 31.3 Å². The van der Waals surface area contributed by atoms with E-state index in [4.69, 9.17) is 5.73 Å². The summed E-state index contributed by atoms with van der Waals surface area (Å²) in [4.78, 5) is 3.78. The van der Waals surface area contributed by atoms with Crippen molar-refractivity contribution in [2.45, 2.75) is 43.0 Å². The SMILES string of the molecule is CSc1ccc(C(CN)N(C)CC2CCCCC2)cc1. The van der Waals surface area contributed by atoms with E-state index in [-0.39, 0.29) is 0 Å². The minimum atomic E-state index is 0.354. The van der Waals surface area contributed by atoms with Gasteiger partial charge in [0, 0.05) is 24.0 Å². The van der Waals surface area contributed by atoms with Crippen LogP contribution in [0.15, 0.2) is 29.2 Å². The Labute approximate surface area is 128 Å². The number of hydrogen-bond acceptors (Lipinski definition) is 3. The standard InChI is InChI=1S/C17H28N2S/c1-19(13-14-6-4-3-5-7-14)17(12-18)15-8-10-16(20-2)11-9-15/h8-11,14,17H,3-7,12-13,18H2,1-2H3. The van der Waals surface area contributed by atoms with E-state index in [1.54, 1.807) is 11.8 Å². The molecule has 0 saturated heterocycles. The van der Waals surface area contributed by atoms with Crippen molar-refractivity contribution in [1.82, 2.24) is 4.90 Å². The highest BCUT2D eigenvalue weighted by atomic mass is 32.2. The molecule has 0 spiro atoms. The molecule has 1 aromatic carbocycles. The normalized spacial score (nSPS) is 18.4. The highest BCUT2D eigenvalue weighted by Gasteiger charge is 2.20. The topological polar surface area (TPSA) is 29.3 Å². The molecule has 1 saturated carbocycles. The van der Waals surface area contributed by atoms with Gasteiger partial charge in [-0.15, -0.1) is 11.8 Å². The Balaban J connectivity index is 1.98. The van der Waals surface area contributed by atoms with E-state index in [1.165, 1.54) is 49.1 Å². The molecule has 2 nitrogen and oxygen atoms in total. The van der Waals surface area contributed by atoms with E-state index < -0.39 is 0 Å². The van der Waals surface area contributed by atoms with Gasteiger partial charge in [-0.1, -0.05) is 31.4 Å². The zero-order valence-electron chi connectivity index (χ0n) is 12.8. The van der Waals surface area contributed by atoms with Crippen molar-refractivity contribution >= 4 is 11.8 Å². The first-order chi connectivity index (χ1) is 9.74. The molecule has 0 aliphatic heterocycles. The maximum absolute atomic E-state index is 6.03. The highest BCUT2D eigenvalue weighted by molar-refractivity contribution is 7.98. The van der Waals surface area contributed by atoms with E-state index in [9.17, 15) is 0 Å². The van der Waals surface area contributed by atoms with Gasteiger partial charge in [-0.05, 0) is 49.8 Å². The van der Waals surface area contributed by atoms with E-state index in [0.29, 0.717) is 12.6 Å². The Kier molecular flexibility index (Phi) is 6.40. The van der Waals surface area contributed by atoms with Crippen molar-refractivity contribution in [3.8, 4) is 0 Å². The smallest absolute Gasteiger partial charge is 0.0467 e. The van der Waals surface area contributed by atoms with Crippen LogP contribution in [0.3, 0.4) is 0 Å². The lowest BCUT2D eigenvalue weighted by molar-refractivity contribution is 0.185. The van der Waals surface area contributed by atoms with Gasteiger partial charge < -0.3 is 5.73 Å². The summed E-state index contributed by atoms with van der Waals surface area (Å²) in [7, 11) is 2.23. The second kappa shape index (κ2) is 8.06. The van der Waals surface area contributed by atoms with Crippen LogP contribution in [0.5, 0.6) is 0 Å². The summed E-state index contributed by atoms with van der Waals surface area (Å²) < 4.78 is 0. The van der Waals surface area contributed by atoms with E-state index in [0.717, 1.165) is 5.92 Å². The van der Waals surface area contributed by atoms with Crippen LogP contribution in [0.1, 0.15) is 43.7 Å². The monoisotopic (exact) mass is 292 g/mol. The number of hydrogen-bond donors (Lipinski definition) is 1. The molecule has 2 rings (SSSR count). The minimum absolute atomic E-state index is 0.354. The van der Waals surface area contributed by atoms with Crippen molar-refractivity contribution in [3.63, 3.8) is 0 Å². The summed E-state index contributed by atoms with van der Waals surface area (Å²) in [6.45, 7) is 1.88. The summed E-state index contributed by atoms with van der Waals surface area (Å²) in [5.74, 6) is 0.869. The molecule has 0 amide bonds. The molecule has 1 aliphatic carbocycles. The second-order valence-corrected chi connectivity index (χ2v) is 6.85. The lowest BCUT2D eigenvalue weighted by Gasteiger charge is -2.32. The van der Waals surface area contributed by atoms with Crippen LogP contribution in [0.25, 0.3) is 0 Å². The van der Waals surface area contributed by atoms with Crippen LogP contribution in [0, 0.1) is 5.92 Å². The lowest BCUT2D eigenvalue weighted by atomic mass is 9.88. The molecular weight excluding hydrogens is 264 g/mol. The summed E-state index contributed by atoms with van der Waals surface area (Å²) in [6.07, 6.45) is 9.16. The largest absolute Gasteiger partial charge is 0.329 e. The van der Waals surface area contributed by atoms with Gasteiger partial charge in [-0.3, -0.25) is 4.90 Å². The van der Waals surface area contributed by atoms with E-state index in [2.05, 4.69) is 42.5 Å². The number of nitrogens with two attached hydrogens (primary N) is 1. The van der Waals surface area contributed by atoms with Gasteiger partial charge in [0.1, 0.15) is 0 Å². The molecule has 1 aromatic rings. The van der Waals surface area contributed by atoms with Gasteiger partial charge in [0.05, 0.1) is 0 Å². The van der Waals surface area contributed by atoms with Gasteiger partial charge in [-0.2, -0.15) is 0 Å². The fourth-order valence-electron chi connectivity index (χ4n) is 3.30. The molecule has 0 heterocycles. The molecular formula is C17H28N2S. The van der Waals surface area contributed by atoms with Crippen molar-refractivity contribution in [2.24, 2.45) is 11.7 Å². The van der Waals surface area contributed by atoms with Crippen molar-refractivity contribution in [1.29, 1.82) is 0 Å². The van der Waals surface area contributed by atoms with Crippen molar-refractivity contribution in [3.05, 3.63) is 29.8 Å². The third-order valence-electron chi connectivity index (χ3n) is 4.53. The van der Waals surface area contributed by atoms with Crippen LogP contribution in [-0.2, 0) is 0 Å². The summed E-state index contributed by atoms with van der Waals surface area (Å²) in [5, 5.41) is 0. The number of thioether (sulfide) groups is 1. The first-order valence-corrected chi connectivity index (χ1v) is 9.01. The van der Waals surface area contributed by atoms with Crippen LogP contribution in [0.2, 0.25) is 0 Å². The zero-order valence-corrected chi connectivity index (χ0v) is 13.7. The van der Waals surface area contributed by atoms with Gasteiger partial charge in [0.25, 0.3) is 0 Å². The number of rotatable bonds is 6. The summed E-state index contributed by atoms with van der Waals surface area (Å²) in [6, 6.07) is 9.24. The van der Waals surface area contributed by atoms with Crippen LogP contribution in [0.4, 0.5) is 0 Å². The quantitative estimate of drug-likeness (QED) is 0.806. The molecule has 3 heteroatoms. The zero-order chi connectivity index (χ0) is 14.4. The average molecular weight is 292 g/mol. The van der Waals surface area contributed by atoms with Crippen LogP contribution >= 0.6 is 11.8 Å². The molecule has 2 N–H and O–H groups in total. The maximum atomic E-state index is 6.03. The molecule has 20 heavy (non-hydrogen) atoms. The first-order valence-electron chi connectivity index (χ1n) is 7.79. The fourth-order valence-corrected chi connectivity index (χ4v) is 3.71. The summed E-state index contributed by atoms with van der Waals surface area (Å²) >= 11 is 1.79. The third kappa shape index (κ3) is 4.24. The summed E-state index contributed by atoms with van der Waals surface area (Å²) in [5.41, 5.74) is 7.39. The third-order valence-corrected chi connectivity index (χ3v) is 5.27.